The van der Waals surface area contributed by atoms with Crippen LogP contribution in [0.2, 0.25) is 0 Å². The van der Waals surface area contributed by atoms with Gasteiger partial charge in [0.2, 0.25) is 0 Å². The normalized spacial score (nSPS) is 10.1. The quantitative estimate of drug-likeness (QED) is 0.615. The molecule has 18 heavy (non-hydrogen) atoms. The fourth-order valence-corrected chi connectivity index (χ4v) is 1.48. The van der Waals surface area contributed by atoms with Crippen molar-refractivity contribution in [1.29, 1.82) is 0 Å². The highest BCUT2D eigenvalue weighted by atomic mass is 35.5. The summed E-state index contributed by atoms with van der Waals surface area (Å²) < 4.78 is 0. The van der Waals surface area contributed by atoms with Crippen LogP contribution in [0.25, 0.3) is 0 Å². The number of nitrogens with zero attached hydrogens (tertiary/aromatic N) is 1. The highest BCUT2D eigenvalue weighted by Crippen LogP contribution is 2.01. The molecule has 0 aliphatic rings. The van der Waals surface area contributed by atoms with Gasteiger partial charge in [0.15, 0.2) is 0 Å². The molecule has 4 heteroatoms. The second kappa shape index (κ2) is 16.7. The Hall–Kier alpha value is -0.280. The van der Waals surface area contributed by atoms with Crippen molar-refractivity contribution in [3.63, 3.8) is 0 Å². The summed E-state index contributed by atoms with van der Waals surface area (Å²) in [6.45, 7) is 10.8. The van der Waals surface area contributed by atoms with Crippen LogP contribution in [0.3, 0.4) is 0 Å². The van der Waals surface area contributed by atoms with Gasteiger partial charge in [0.1, 0.15) is 5.88 Å². The third kappa shape index (κ3) is 18.1. The van der Waals surface area contributed by atoms with E-state index in [1.807, 2.05) is 0 Å². The predicted molar refractivity (Wildman–Crippen MR) is 79.5 cm³/mol. The average Bonchev–Trinajstić information content (AvgIpc) is 2.38. The molecule has 0 bridgehead atoms. The number of unbranched alkanes of at least 4 members (excludes halogenated alkanes) is 3. The van der Waals surface area contributed by atoms with E-state index in [0.29, 0.717) is 0 Å². The first-order valence-corrected chi connectivity index (χ1v) is 7.65. The summed E-state index contributed by atoms with van der Waals surface area (Å²) in [5.41, 5.74) is 0. The van der Waals surface area contributed by atoms with Crippen LogP contribution in [0.1, 0.15) is 59.3 Å². The zero-order chi connectivity index (χ0) is 14.2. The topological polar surface area (TPSA) is 40.5 Å². The van der Waals surface area contributed by atoms with E-state index in [1.165, 1.54) is 58.2 Å². The molecule has 1 N–H and O–H groups in total. The van der Waals surface area contributed by atoms with Gasteiger partial charge in [-0.2, -0.15) is 0 Å². The second-order valence-corrected chi connectivity index (χ2v) is 4.70. The van der Waals surface area contributed by atoms with Gasteiger partial charge in [-0.1, -0.05) is 40.0 Å². The number of halogens is 1. The number of alkyl halides is 1. The largest absolute Gasteiger partial charge is 0.480 e. The lowest BCUT2D eigenvalue weighted by Crippen LogP contribution is -2.27. The van der Waals surface area contributed by atoms with E-state index < -0.39 is 5.97 Å². The van der Waals surface area contributed by atoms with Gasteiger partial charge < -0.3 is 10.0 Å². The number of hydrogen-bond donors (Lipinski definition) is 1. The van der Waals surface area contributed by atoms with E-state index in [0.717, 1.165) is 0 Å². The number of carbonyl (C=O) groups is 1. The summed E-state index contributed by atoms with van der Waals surface area (Å²) in [4.78, 5) is 11.9. The van der Waals surface area contributed by atoms with Gasteiger partial charge in [-0.15, -0.1) is 11.6 Å². The second-order valence-electron chi connectivity index (χ2n) is 4.43. The Labute approximate surface area is 118 Å². The number of carboxylic acid groups (broad SMARTS) is 1. The van der Waals surface area contributed by atoms with Crippen molar-refractivity contribution in [2.75, 3.05) is 25.5 Å². The van der Waals surface area contributed by atoms with Crippen LogP contribution in [0, 0.1) is 0 Å². The Kier molecular flexibility index (Phi) is 18.6. The van der Waals surface area contributed by atoms with Gasteiger partial charge in [-0.3, -0.25) is 4.79 Å². The van der Waals surface area contributed by atoms with Gasteiger partial charge in [-0.05, 0) is 38.9 Å². The molecule has 0 radical (unpaired) electrons. The molecule has 0 saturated heterocycles. The molecular formula is C14H30ClNO2. The summed E-state index contributed by atoms with van der Waals surface area (Å²) >= 11 is 4.74. The monoisotopic (exact) mass is 279 g/mol. The van der Waals surface area contributed by atoms with E-state index in [4.69, 9.17) is 16.7 Å². The maximum Gasteiger partial charge on any atom is 0.318 e. The lowest BCUT2D eigenvalue weighted by Gasteiger charge is -2.21. The first-order chi connectivity index (χ1) is 8.62. The summed E-state index contributed by atoms with van der Waals surface area (Å²) in [6.07, 6.45) is 8.09. The molecule has 0 unspecified atom stereocenters. The van der Waals surface area contributed by atoms with Crippen LogP contribution in [-0.4, -0.2) is 41.5 Å². The Balaban J connectivity index is 0. The summed E-state index contributed by atoms with van der Waals surface area (Å²) in [5.74, 6) is -1.29. The smallest absolute Gasteiger partial charge is 0.318 e. The maximum atomic E-state index is 9.24. The predicted octanol–water partition coefficient (Wildman–Crippen LogP) is 4.00. The van der Waals surface area contributed by atoms with Gasteiger partial charge in [0.25, 0.3) is 0 Å². The molecule has 0 aliphatic heterocycles. The zero-order valence-corrected chi connectivity index (χ0v) is 13.0. The molecule has 0 aromatic heterocycles. The highest BCUT2D eigenvalue weighted by molar-refractivity contribution is 6.26. The van der Waals surface area contributed by atoms with E-state index >= 15 is 0 Å². The van der Waals surface area contributed by atoms with Gasteiger partial charge in [0.05, 0.1) is 0 Å². The van der Waals surface area contributed by atoms with Crippen molar-refractivity contribution in [3.8, 4) is 0 Å². The third-order valence-electron chi connectivity index (χ3n) is 2.60. The maximum absolute atomic E-state index is 9.24. The summed E-state index contributed by atoms with van der Waals surface area (Å²) in [6, 6.07) is 0. The molecule has 0 rings (SSSR count). The third-order valence-corrected chi connectivity index (χ3v) is 2.83. The van der Waals surface area contributed by atoms with Crippen LogP contribution in [0.4, 0.5) is 0 Å². The standard InChI is InChI=1S/C12H27N.C2H3ClO2/c1-4-7-10-13(11-8-5-2)12-9-6-3;3-1-2(4)5/h4-12H2,1-3H3;1H2,(H,4,5). The van der Waals surface area contributed by atoms with E-state index in [1.54, 1.807) is 0 Å². The van der Waals surface area contributed by atoms with Crippen LogP contribution < -0.4 is 0 Å². The van der Waals surface area contributed by atoms with Crippen molar-refractivity contribution in [1.82, 2.24) is 4.90 Å². The summed E-state index contributed by atoms with van der Waals surface area (Å²) in [7, 11) is 0. The molecule has 3 nitrogen and oxygen atoms in total. The van der Waals surface area contributed by atoms with Gasteiger partial charge in [-0.25, -0.2) is 0 Å². The molecule has 0 aromatic carbocycles. The number of hydrogen-bond acceptors (Lipinski definition) is 2. The molecule has 110 valence electrons. The van der Waals surface area contributed by atoms with Crippen LogP contribution >= 0.6 is 11.6 Å². The van der Waals surface area contributed by atoms with E-state index in [2.05, 4.69) is 25.7 Å². The van der Waals surface area contributed by atoms with Crippen molar-refractivity contribution >= 4 is 17.6 Å². The fourth-order valence-electron chi connectivity index (χ4n) is 1.48. The van der Waals surface area contributed by atoms with Gasteiger partial charge >= 0.3 is 5.97 Å². The molecule has 0 saturated carbocycles. The number of carboxylic acids is 1. The van der Waals surface area contributed by atoms with Crippen molar-refractivity contribution < 1.29 is 9.90 Å². The molecule has 0 aromatic rings. The Morgan fingerprint density at radius 3 is 1.39 bits per heavy atom. The minimum Gasteiger partial charge on any atom is -0.480 e. The Morgan fingerprint density at radius 2 is 1.22 bits per heavy atom. The summed E-state index contributed by atoms with van der Waals surface area (Å²) in [5, 5.41) is 7.59. The zero-order valence-electron chi connectivity index (χ0n) is 12.3. The van der Waals surface area contributed by atoms with E-state index in [-0.39, 0.29) is 5.88 Å². The minimum absolute atomic E-state index is 0.306. The molecule has 0 aliphatic carbocycles. The molecule has 0 atom stereocenters. The average molecular weight is 280 g/mol. The molecule has 0 heterocycles. The first-order valence-electron chi connectivity index (χ1n) is 7.12. The highest BCUT2D eigenvalue weighted by Gasteiger charge is 2.01. The van der Waals surface area contributed by atoms with Crippen LogP contribution in [-0.2, 0) is 4.79 Å². The molecule has 0 fully saturated rings. The minimum atomic E-state index is -0.980. The van der Waals surface area contributed by atoms with Gasteiger partial charge in [0, 0.05) is 0 Å². The Morgan fingerprint density at radius 1 is 0.944 bits per heavy atom. The molecule has 0 amide bonds. The van der Waals surface area contributed by atoms with Crippen molar-refractivity contribution in [3.05, 3.63) is 0 Å². The number of rotatable bonds is 10. The van der Waals surface area contributed by atoms with Crippen LogP contribution in [0.15, 0.2) is 0 Å². The fraction of sp³-hybridized carbons (Fsp3) is 0.929. The van der Waals surface area contributed by atoms with Crippen LogP contribution in [0.5, 0.6) is 0 Å². The van der Waals surface area contributed by atoms with E-state index in [9.17, 15) is 4.79 Å². The number of aliphatic carboxylic acids is 1. The SMILES string of the molecule is CCCCN(CCCC)CCCC.O=C(O)CCl. The molecular weight excluding hydrogens is 250 g/mol. The Bertz CT molecular complexity index is 158. The van der Waals surface area contributed by atoms with Crippen molar-refractivity contribution in [2.45, 2.75) is 59.3 Å². The lowest BCUT2D eigenvalue weighted by molar-refractivity contribution is -0.134. The first kappa shape index (κ1) is 20.0. The molecule has 0 spiro atoms. The lowest BCUT2D eigenvalue weighted by atomic mass is 10.2. The van der Waals surface area contributed by atoms with Crippen molar-refractivity contribution in [2.24, 2.45) is 0 Å².